The van der Waals surface area contributed by atoms with Crippen molar-refractivity contribution in [2.75, 3.05) is 13.7 Å². The first kappa shape index (κ1) is 19.6. The van der Waals surface area contributed by atoms with Gasteiger partial charge in [-0.2, -0.15) is 0 Å². The highest BCUT2D eigenvalue weighted by Gasteiger charge is 2.15. The molecular formula is C20H18BrClN2O3. The van der Waals surface area contributed by atoms with Gasteiger partial charge < -0.3 is 9.30 Å². The first-order valence-electron chi connectivity index (χ1n) is 8.30. The van der Waals surface area contributed by atoms with Gasteiger partial charge >= 0.3 is 5.97 Å². The first-order chi connectivity index (χ1) is 13.0. The number of halogens is 2. The summed E-state index contributed by atoms with van der Waals surface area (Å²) in [7, 11) is 1.36. The van der Waals surface area contributed by atoms with E-state index in [-0.39, 0.29) is 17.9 Å². The third-order valence-corrected chi connectivity index (χ3v) is 5.24. The number of fused-ring (bicyclic) bond motifs is 1. The van der Waals surface area contributed by atoms with Crippen LogP contribution in [0.4, 0.5) is 0 Å². The fourth-order valence-electron chi connectivity index (χ4n) is 2.93. The number of methoxy groups -OCH3 is 1. The molecule has 5 nitrogen and oxygen atoms in total. The number of esters is 1. The molecule has 0 aliphatic heterocycles. The molecule has 3 rings (SSSR count). The molecule has 0 aliphatic rings. The topological polar surface area (TPSA) is 51.5 Å². The van der Waals surface area contributed by atoms with Crippen LogP contribution < -0.4 is 5.43 Å². The van der Waals surface area contributed by atoms with Crippen LogP contribution in [0.15, 0.2) is 64.0 Å². The molecule has 3 aromatic rings. The van der Waals surface area contributed by atoms with Crippen molar-refractivity contribution in [1.29, 1.82) is 0 Å². The summed E-state index contributed by atoms with van der Waals surface area (Å²) in [5, 5.41) is 1.25. The Balaban J connectivity index is 1.98. The summed E-state index contributed by atoms with van der Waals surface area (Å²) in [5.74, 6) is -0.341. The van der Waals surface area contributed by atoms with E-state index in [1.54, 1.807) is 12.3 Å². The van der Waals surface area contributed by atoms with Gasteiger partial charge in [-0.25, -0.2) is 0 Å². The van der Waals surface area contributed by atoms with Crippen LogP contribution in [-0.2, 0) is 22.7 Å². The van der Waals surface area contributed by atoms with E-state index >= 15 is 0 Å². The number of aromatic nitrogens is 1. The predicted octanol–water partition coefficient (Wildman–Crippen LogP) is 4.05. The summed E-state index contributed by atoms with van der Waals surface area (Å²) in [6.07, 6.45) is 1.73. The van der Waals surface area contributed by atoms with Crippen LogP contribution in [-0.4, -0.2) is 29.1 Å². The fraction of sp³-hybridized carbons (Fsp3) is 0.200. The second-order valence-electron chi connectivity index (χ2n) is 6.08. The highest BCUT2D eigenvalue weighted by molar-refractivity contribution is 9.10. The van der Waals surface area contributed by atoms with Gasteiger partial charge in [-0.3, -0.25) is 14.5 Å². The van der Waals surface area contributed by atoms with Crippen LogP contribution in [0.1, 0.15) is 5.56 Å². The number of benzene rings is 2. The first-order valence-corrected chi connectivity index (χ1v) is 9.47. The lowest BCUT2D eigenvalue weighted by molar-refractivity contribution is -0.142. The average Bonchev–Trinajstić information content (AvgIpc) is 2.66. The maximum atomic E-state index is 12.2. The molecule has 0 radical (unpaired) electrons. The van der Waals surface area contributed by atoms with E-state index in [9.17, 15) is 9.59 Å². The minimum Gasteiger partial charge on any atom is -0.468 e. The Morgan fingerprint density at radius 1 is 1.19 bits per heavy atom. The number of para-hydroxylation sites is 1. The minimum atomic E-state index is -0.341. The summed E-state index contributed by atoms with van der Waals surface area (Å²) < 4.78 is 7.58. The highest BCUT2D eigenvalue weighted by atomic mass is 79.9. The molecule has 0 unspecified atom stereocenters. The maximum Gasteiger partial charge on any atom is 0.319 e. The molecule has 7 heteroatoms. The molecule has 0 bridgehead atoms. The van der Waals surface area contributed by atoms with Gasteiger partial charge in [0.05, 0.1) is 25.8 Å². The van der Waals surface area contributed by atoms with E-state index in [1.807, 2.05) is 45.9 Å². The number of ether oxygens (including phenoxy) is 1. The average molecular weight is 450 g/mol. The maximum absolute atomic E-state index is 12.2. The lowest BCUT2D eigenvalue weighted by Crippen LogP contribution is -2.32. The monoisotopic (exact) mass is 448 g/mol. The van der Waals surface area contributed by atoms with Crippen molar-refractivity contribution >= 4 is 44.4 Å². The third kappa shape index (κ3) is 4.58. The van der Waals surface area contributed by atoms with Crippen molar-refractivity contribution in [2.45, 2.75) is 13.2 Å². The molecule has 1 heterocycles. The van der Waals surface area contributed by atoms with Gasteiger partial charge in [0, 0.05) is 33.7 Å². The number of carbonyl (C=O) groups is 1. The highest BCUT2D eigenvalue weighted by Crippen LogP contribution is 2.23. The van der Waals surface area contributed by atoms with E-state index in [2.05, 4.69) is 15.9 Å². The lowest BCUT2D eigenvalue weighted by Gasteiger charge is -2.24. The zero-order chi connectivity index (χ0) is 19.4. The van der Waals surface area contributed by atoms with Crippen LogP contribution in [0.2, 0.25) is 5.02 Å². The Morgan fingerprint density at radius 3 is 2.70 bits per heavy atom. The summed E-state index contributed by atoms with van der Waals surface area (Å²) in [4.78, 5) is 26.0. The second kappa shape index (κ2) is 8.69. The van der Waals surface area contributed by atoms with Crippen molar-refractivity contribution in [2.24, 2.45) is 0 Å². The van der Waals surface area contributed by atoms with E-state index in [4.69, 9.17) is 16.3 Å². The fourth-order valence-corrected chi connectivity index (χ4v) is 3.72. The molecule has 140 valence electrons. The molecule has 0 fully saturated rings. The summed E-state index contributed by atoms with van der Waals surface area (Å²) in [6, 6.07) is 14.5. The SMILES string of the molecule is COC(=O)CN(Cc1ccccc1Cl)Cn1ccc(=O)c2cccc(Br)c21. The van der Waals surface area contributed by atoms with E-state index in [0.717, 1.165) is 15.6 Å². The molecule has 1 aromatic heterocycles. The van der Waals surface area contributed by atoms with E-state index in [0.29, 0.717) is 23.6 Å². The number of carbonyl (C=O) groups excluding carboxylic acids is 1. The standard InChI is InChI=1S/C20H18BrClN2O3/c1-27-19(26)12-23(11-14-5-2-3-8-17(14)22)13-24-10-9-18(25)15-6-4-7-16(21)20(15)24/h2-10H,11-13H2,1H3. The van der Waals surface area contributed by atoms with Gasteiger partial charge in [0.15, 0.2) is 5.43 Å². The number of pyridine rings is 1. The zero-order valence-corrected chi connectivity index (χ0v) is 17.0. The molecule has 2 aromatic carbocycles. The molecule has 0 saturated carbocycles. The number of nitrogens with zero attached hydrogens (tertiary/aromatic N) is 2. The Hall–Kier alpha value is -2.15. The Kier molecular flexibility index (Phi) is 6.31. The van der Waals surface area contributed by atoms with Crippen LogP contribution in [0, 0.1) is 0 Å². The van der Waals surface area contributed by atoms with E-state index in [1.165, 1.54) is 13.2 Å². The number of rotatable bonds is 6. The molecule has 0 atom stereocenters. The van der Waals surface area contributed by atoms with Gasteiger partial charge in [-0.15, -0.1) is 0 Å². The predicted molar refractivity (Wildman–Crippen MR) is 110 cm³/mol. The van der Waals surface area contributed by atoms with Crippen LogP contribution in [0.3, 0.4) is 0 Å². The lowest BCUT2D eigenvalue weighted by atomic mass is 10.2. The van der Waals surface area contributed by atoms with Crippen molar-refractivity contribution < 1.29 is 9.53 Å². The number of hydrogen-bond acceptors (Lipinski definition) is 4. The Morgan fingerprint density at radius 2 is 1.96 bits per heavy atom. The third-order valence-electron chi connectivity index (χ3n) is 4.23. The smallest absolute Gasteiger partial charge is 0.319 e. The summed E-state index contributed by atoms with van der Waals surface area (Å²) >= 11 is 9.81. The molecule has 0 N–H and O–H groups in total. The van der Waals surface area contributed by atoms with Crippen molar-refractivity contribution in [1.82, 2.24) is 9.47 Å². The molecule has 0 saturated heterocycles. The van der Waals surface area contributed by atoms with Gasteiger partial charge in [-0.1, -0.05) is 35.9 Å². The largest absolute Gasteiger partial charge is 0.468 e. The van der Waals surface area contributed by atoms with Crippen molar-refractivity contribution in [3.05, 3.63) is 80.0 Å². The summed E-state index contributed by atoms with van der Waals surface area (Å²) in [6.45, 7) is 0.951. The van der Waals surface area contributed by atoms with Crippen molar-refractivity contribution in [3.8, 4) is 0 Å². The zero-order valence-electron chi connectivity index (χ0n) is 14.7. The number of hydrogen-bond donors (Lipinski definition) is 0. The minimum absolute atomic E-state index is 0.0480. The van der Waals surface area contributed by atoms with Crippen molar-refractivity contribution in [3.63, 3.8) is 0 Å². The molecule has 0 amide bonds. The van der Waals surface area contributed by atoms with Crippen LogP contribution >= 0.6 is 27.5 Å². The Bertz CT molecular complexity index is 1040. The molecule has 0 spiro atoms. The van der Waals surface area contributed by atoms with E-state index < -0.39 is 0 Å². The van der Waals surface area contributed by atoms with Crippen LogP contribution in [0.5, 0.6) is 0 Å². The summed E-state index contributed by atoms with van der Waals surface area (Å²) in [5.41, 5.74) is 1.64. The van der Waals surface area contributed by atoms with Crippen LogP contribution in [0.25, 0.3) is 10.9 Å². The van der Waals surface area contributed by atoms with Gasteiger partial charge in [0.1, 0.15) is 0 Å². The normalized spacial score (nSPS) is 11.1. The molecular weight excluding hydrogens is 432 g/mol. The Labute approximate surface area is 170 Å². The quantitative estimate of drug-likeness (QED) is 0.533. The second-order valence-corrected chi connectivity index (χ2v) is 7.34. The van der Waals surface area contributed by atoms with Gasteiger partial charge in [0.2, 0.25) is 0 Å². The van der Waals surface area contributed by atoms with Gasteiger partial charge in [-0.05, 0) is 39.7 Å². The molecule has 27 heavy (non-hydrogen) atoms. The molecule has 0 aliphatic carbocycles. The van der Waals surface area contributed by atoms with Gasteiger partial charge in [0.25, 0.3) is 0 Å².